The molecule has 1 aromatic rings. The second kappa shape index (κ2) is 2.44. The van der Waals surface area contributed by atoms with E-state index in [0.29, 0.717) is 17.8 Å². The van der Waals surface area contributed by atoms with Gasteiger partial charge in [0.05, 0.1) is 0 Å². The fraction of sp³-hybridized carbons (Fsp3) is 0.600. The van der Waals surface area contributed by atoms with Gasteiger partial charge in [-0.2, -0.15) is 0 Å². The van der Waals surface area contributed by atoms with Crippen LogP contribution in [0.5, 0.6) is 0 Å². The number of hydrogen-bond acceptors (Lipinski definition) is 3. The molecule has 3 heteroatoms. The highest BCUT2D eigenvalue weighted by Crippen LogP contribution is 2.43. The Hall–Kier alpha value is -1.12. The zero-order chi connectivity index (χ0) is 8.84. The van der Waals surface area contributed by atoms with Gasteiger partial charge >= 0.3 is 0 Å². The molecular weight excluding hydrogens is 162 g/mol. The van der Waals surface area contributed by atoms with Crippen LogP contribution in [0.15, 0.2) is 6.07 Å². The number of nitrogens with zero attached hydrogens (tertiary/aromatic N) is 2. The van der Waals surface area contributed by atoms with E-state index in [1.165, 1.54) is 37.1 Å². The van der Waals surface area contributed by atoms with Crippen LogP contribution in [0.2, 0.25) is 0 Å². The number of rotatable bonds is 2. The largest absolute Gasteiger partial charge is 0.368 e. The van der Waals surface area contributed by atoms with E-state index in [1.54, 1.807) is 0 Å². The summed E-state index contributed by atoms with van der Waals surface area (Å²) >= 11 is 0. The molecule has 13 heavy (non-hydrogen) atoms. The van der Waals surface area contributed by atoms with E-state index in [0.717, 1.165) is 0 Å². The third-order valence-corrected chi connectivity index (χ3v) is 2.77. The summed E-state index contributed by atoms with van der Waals surface area (Å²) in [5.41, 5.74) is 8.02. The topological polar surface area (TPSA) is 51.8 Å². The summed E-state index contributed by atoms with van der Waals surface area (Å²) in [5, 5.41) is 0. The standard InChI is InChI=1S/C10H13N3/c11-10-12-8(6-1-2-6)5-9(13-10)7-3-4-7/h5-7H,1-4H2,(H2,11,12,13). The molecule has 3 rings (SSSR count). The van der Waals surface area contributed by atoms with Gasteiger partial charge in [-0.05, 0) is 31.7 Å². The van der Waals surface area contributed by atoms with E-state index in [9.17, 15) is 0 Å². The van der Waals surface area contributed by atoms with Crippen LogP contribution in [0.4, 0.5) is 5.95 Å². The molecule has 2 aliphatic carbocycles. The van der Waals surface area contributed by atoms with Crippen LogP contribution < -0.4 is 5.73 Å². The number of nitrogens with two attached hydrogens (primary N) is 1. The number of hydrogen-bond donors (Lipinski definition) is 1. The maximum Gasteiger partial charge on any atom is 0.220 e. The maximum atomic E-state index is 5.67. The minimum atomic E-state index is 0.464. The molecule has 1 heterocycles. The molecule has 0 unspecified atom stereocenters. The minimum absolute atomic E-state index is 0.464. The molecule has 0 atom stereocenters. The van der Waals surface area contributed by atoms with Crippen molar-refractivity contribution < 1.29 is 0 Å². The fourth-order valence-electron chi connectivity index (χ4n) is 1.68. The maximum absolute atomic E-state index is 5.67. The molecule has 0 aromatic carbocycles. The Morgan fingerprint density at radius 3 is 1.85 bits per heavy atom. The third-order valence-electron chi connectivity index (χ3n) is 2.77. The molecule has 2 aliphatic rings. The minimum Gasteiger partial charge on any atom is -0.368 e. The van der Waals surface area contributed by atoms with Crippen LogP contribution >= 0.6 is 0 Å². The fourth-order valence-corrected chi connectivity index (χ4v) is 1.68. The Kier molecular flexibility index (Phi) is 1.37. The molecule has 0 radical (unpaired) electrons. The highest BCUT2D eigenvalue weighted by Gasteiger charge is 2.30. The zero-order valence-electron chi connectivity index (χ0n) is 7.53. The SMILES string of the molecule is Nc1nc(C2CC2)cc(C2CC2)n1. The van der Waals surface area contributed by atoms with Crippen molar-refractivity contribution in [3.63, 3.8) is 0 Å². The summed E-state index contributed by atoms with van der Waals surface area (Å²) in [7, 11) is 0. The Balaban J connectivity index is 1.99. The van der Waals surface area contributed by atoms with Crippen molar-refractivity contribution in [2.45, 2.75) is 37.5 Å². The summed E-state index contributed by atoms with van der Waals surface area (Å²) in [6.45, 7) is 0. The van der Waals surface area contributed by atoms with Crippen LogP contribution in [0, 0.1) is 0 Å². The first-order valence-electron chi connectivity index (χ1n) is 4.97. The molecule has 1 aromatic heterocycles. The lowest BCUT2D eigenvalue weighted by atomic mass is 10.2. The predicted octanol–water partition coefficient (Wildman–Crippen LogP) is 1.81. The lowest BCUT2D eigenvalue weighted by molar-refractivity contribution is 0.933. The van der Waals surface area contributed by atoms with Gasteiger partial charge in [0.1, 0.15) is 0 Å². The Morgan fingerprint density at radius 1 is 1.00 bits per heavy atom. The molecule has 68 valence electrons. The quantitative estimate of drug-likeness (QED) is 0.745. The molecule has 0 bridgehead atoms. The molecule has 0 spiro atoms. The summed E-state index contributed by atoms with van der Waals surface area (Å²) in [6, 6.07) is 2.16. The van der Waals surface area contributed by atoms with Crippen LogP contribution in [0.3, 0.4) is 0 Å². The molecule has 0 aliphatic heterocycles. The third kappa shape index (κ3) is 1.39. The van der Waals surface area contributed by atoms with E-state index in [1.807, 2.05) is 0 Å². The van der Waals surface area contributed by atoms with Crippen molar-refractivity contribution >= 4 is 5.95 Å². The van der Waals surface area contributed by atoms with Crippen molar-refractivity contribution in [1.29, 1.82) is 0 Å². The van der Waals surface area contributed by atoms with Crippen molar-refractivity contribution in [3.8, 4) is 0 Å². The van der Waals surface area contributed by atoms with Gasteiger partial charge in [0.25, 0.3) is 0 Å². The van der Waals surface area contributed by atoms with E-state index in [-0.39, 0.29) is 0 Å². The van der Waals surface area contributed by atoms with Crippen molar-refractivity contribution in [3.05, 3.63) is 17.5 Å². The zero-order valence-corrected chi connectivity index (χ0v) is 7.53. The summed E-state index contributed by atoms with van der Waals surface area (Å²) in [5.74, 6) is 1.83. The average Bonchev–Trinajstić information content (AvgIpc) is 2.98. The number of anilines is 1. The summed E-state index contributed by atoms with van der Waals surface area (Å²) < 4.78 is 0. The average molecular weight is 175 g/mol. The first-order valence-corrected chi connectivity index (χ1v) is 4.97. The normalized spacial score (nSPS) is 21.8. The second-order valence-corrected chi connectivity index (χ2v) is 4.12. The van der Waals surface area contributed by atoms with Gasteiger partial charge in [0.15, 0.2) is 0 Å². The molecule has 0 saturated heterocycles. The predicted molar refractivity (Wildman–Crippen MR) is 50.4 cm³/mol. The monoisotopic (exact) mass is 175 g/mol. The van der Waals surface area contributed by atoms with Gasteiger partial charge in [0, 0.05) is 23.2 Å². The Labute approximate surface area is 77.4 Å². The van der Waals surface area contributed by atoms with Crippen LogP contribution in [0.25, 0.3) is 0 Å². The van der Waals surface area contributed by atoms with Gasteiger partial charge in [-0.3, -0.25) is 0 Å². The van der Waals surface area contributed by atoms with Gasteiger partial charge < -0.3 is 5.73 Å². The molecular formula is C10H13N3. The van der Waals surface area contributed by atoms with E-state index >= 15 is 0 Å². The molecule has 2 N–H and O–H groups in total. The summed E-state index contributed by atoms with van der Waals surface area (Å²) in [4.78, 5) is 8.55. The van der Waals surface area contributed by atoms with E-state index in [2.05, 4.69) is 16.0 Å². The lowest BCUT2D eigenvalue weighted by Crippen LogP contribution is -2.01. The van der Waals surface area contributed by atoms with Crippen molar-refractivity contribution in [2.75, 3.05) is 5.73 Å². The van der Waals surface area contributed by atoms with Crippen LogP contribution in [-0.2, 0) is 0 Å². The highest BCUT2D eigenvalue weighted by atomic mass is 15.0. The van der Waals surface area contributed by atoms with Gasteiger partial charge in [0.2, 0.25) is 5.95 Å². The van der Waals surface area contributed by atoms with Crippen LogP contribution in [-0.4, -0.2) is 9.97 Å². The number of nitrogen functional groups attached to an aromatic ring is 1. The van der Waals surface area contributed by atoms with Crippen molar-refractivity contribution in [1.82, 2.24) is 9.97 Å². The smallest absolute Gasteiger partial charge is 0.220 e. The van der Waals surface area contributed by atoms with Gasteiger partial charge in [-0.25, -0.2) is 9.97 Å². The van der Waals surface area contributed by atoms with Crippen LogP contribution in [0.1, 0.15) is 48.9 Å². The summed E-state index contributed by atoms with van der Waals surface area (Å²) in [6.07, 6.45) is 5.11. The van der Waals surface area contributed by atoms with E-state index < -0.39 is 0 Å². The number of aromatic nitrogens is 2. The Bertz CT molecular complexity index is 310. The molecule has 2 saturated carbocycles. The molecule has 3 nitrogen and oxygen atoms in total. The van der Waals surface area contributed by atoms with Crippen molar-refractivity contribution in [2.24, 2.45) is 0 Å². The van der Waals surface area contributed by atoms with Gasteiger partial charge in [-0.15, -0.1) is 0 Å². The van der Waals surface area contributed by atoms with Gasteiger partial charge in [-0.1, -0.05) is 0 Å². The Morgan fingerprint density at radius 2 is 1.46 bits per heavy atom. The molecule has 2 fully saturated rings. The lowest BCUT2D eigenvalue weighted by Gasteiger charge is -2.02. The highest BCUT2D eigenvalue weighted by molar-refractivity contribution is 5.30. The first kappa shape index (κ1) is 7.30. The molecule has 0 amide bonds. The first-order chi connectivity index (χ1) is 6.33. The van der Waals surface area contributed by atoms with E-state index in [4.69, 9.17) is 5.73 Å². The second-order valence-electron chi connectivity index (χ2n) is 4.12.